The molecule has 0 bridgehead atoms. The molecule has 44 heavy (non-hydrogen) atoms. The normalized spacial score (nSPS) is 11.7. The van der Waals surface area contributed by atoms with Gasteiger partial charge in [-0.15, -0.1) is 11.8 Å². The maximum Gasteiger partial charge on any atom is 0.272 e. The lowest BCUT2D eigenvalue weighted by molar-refractivity contribution is -0.116. The number of aryl methyl sites for hydroxylation is 1. The number of anilines is 2. The van der Waals surface area contributed by atoms with Crippen LogP contribution in [0.4, 0.5) is 11.4 Å². The maximum absolute atomic E-state index is 13.4. The highest BCUT2D eigenvalue weighted by Gasteiger charge is 2.22. The van der Waals surface area contributed by atoms with Gasteiger partial charge in [-0.25, -0.2) is 0 Å². The summed E-state index contributed by atoms with van der Waals surface area (Å²) in [5, 5.41) is 8.12. The van der Waals surface area contributed by atoms with Gasteiger partial charge in [0.15, 0.2) is 0 Å². The number of hydrogen-bond donors (Lipinski definition) is 3. The Balaban J connectivity index is 1.31. The first kappa shape index (κ1) is 30.0. The maximum atomic E-state index is 13.4. The van der Waals surface area contributed by atoms with E-state index >= 15 is 0 Å². The molecule has 0 saturated carbocycles. The van der Waals surface area contributed by atoms with Crippen molar-refractivity contribution in [1.82, 2.24) is 10.3 Å². The van der Waals surface area contributed by atoms with Gasteiger partial charge < -0.3 is 16.0 Å². The van der Waals surface area contributed by atoms with Crippen LogP contribution in [0.25, 0.3) is 6.08 Å². The van der Waals surface area contributed by atoms with Crippen LogP contribution in [0.15, 0.2) is 144 Å². The van der Waals surface area contributed by atoms with Gasteiger partial charge in [0.05, 0.1) is 0 Å². The molecular weight excluding hydrogens is 568 g/mol. The van der Waals surface area contributed by atoms with E-state index in [1.165, 1.54) is 11.8 Å². The van der Waals surface area contributed by atoms with Gasteiger partial charge in [0.2, 0.25) is 5.91 Å². The number of carbonyl (C=O) groups excluding carboxylic acids is 3. The zero-order valence-corrected chi connectivity index (χ0v) is 24.8. The predicted molar refractivity (Wildman–Crippen MR) is 176 cm³/mol. The zero-order chi connectivity index (χ0) is 30.7. The van der Waals surface area contributed by atoms with Gasteiger partial charge in [-0.3, -0.25) is 19.4 Å². The van der Waals surface area contributed by atoms with Crippen LogP contribution in [-0.4, -0.2) is 22.7 Å². The molecular formula is C36H30N4O3S. The Hall–Kier alpha value is -5.47. The van der Waals surface area contributed by atoms with Crippen molar-refractivity contribution in [2.75, 3.05) is 10.6 Å². The van der Waals surface area contributed by atoms with Gasteiger partial charge in [-0.2, -0.15) is 0 Å². The Morgan fingerprint density at radius 3 is 2.16 bits per heavy atom. The van der Waals surface area contributed by atoms with Crippen molar-refractivity contribution < 1.29 is 14.4 Å². The van der Waals surface area contributed by atoms with Crippen molar-refractivity contribution in [1.29, 1.82) is 0 Å². The fourth-order valence-electron chi connectivity index (χ4n) is 4.35. The van der Waals surface area contributed by atoms with E-state index in [9.17, 15) is 14.4 Å². The molecule has 218 valence electrons. The molecule has 1 atom stereocenters. The molecule has 0 aliphatic heterocycles. The topological polar surface area (TPSA) is 100 Å². The fourth-order valence-corrected chi connectivity index (χ4v) is 5.38. The fraction of sp³-hybridized carbons (Fsp3) is 0.0556. The molecule has 1 heterocycles. The van der Waals surface area contributed by atoms with Crippen molar-refractivity contribution >= 4 is 46.9 Å². The average Bonchev–Trinajstić information content (AvgIpc) is 3.05. The summed E-state index contributed by atoms with van der Waals surface area (Å²) in [5.74, 6) is -1.03. The number of pyridine rings is 1. The van der Waals surface area contributed by atoms with E-state index in [1.807, 2.05) is 79.7 Å². The lowest BCUT2D eigenvalue weighted by Crippen LogP contribution is -2.30. The first-order chi connectivity index (χ1) is 21.4. The quantitative estimate of drug-likeness (QED) is 0.116. The second-order valence-electron chi connectivity index (χ2n) is 9.91. The van der Waals surface area contributed by atoms with Crippen LogP contribution in [0.1, 0.15) is 32.3 Å². The van der Waals surface area contributed by atoms with Gasteiger partial charge in [0.1, 0.15) is 10.9 Å². The Bertz CT molecular complexity index is 1760. The smallest absolute Gasteiger partial charge is 0.272 e. The van der Waals surface area contributed by atoms with Crippen molar-refractivity contribution in [3.05, 3.63) is 162 Å². The molecule has 4 aromatic carbocycles. The Morgan fingerprint density at radius 1 is 0.750 bits per heavy atom. The number of amides is 3. The first-order valence-corrected chi connectivity index (χ1v) is 14.8. The number of thioether (sulfide) groups is 1. The average molecular weight is 599 g/mol. The molecule has 0 fully saturated rings. The number of aromatic nitrogens is 1. The minimum absolute atomic E-state index is 0.0715. The molecule has 5 aromatic rings. The molecule has 0 aliphatic carbocycles. The number of nitrogens with one attached hydrogen (secondary N) is 3. The van der Waals surface area contributed by atoms with Gasteiger partial charge in [-0.05, 0) is 84.3 Å². The van der Waals surface area contributed by atoms with Gasteiger partial charge >= 0.3 is 0 Å². The van der Waals surface area contributed by atoms with Gasteiger partial charge in [-0.1, -0.05) is 66.7 Å². The largest absolute Gasteiger partial charge is 0.325 e. The van der Waals surface area contributed by atoms with Crippen molar-refractivity contribution in [3.63, 3.8) is 0 Å². The van der Waals surface area contributed by atoms with E-state index in [0.717, 1.165) is 21.7 Å². The molecule has 8 heteroatoms. The molecule has 1 unspecified atom stereocenters. The summed E-state index contributed by atoms with van der Waals surface area (Å²) >= 11 is 1.41. The molecule has 0 spiro atoms. The summed E-state index contributed by atoms with van der Waals surface area (Å²) in [6.07, 6.45) is 4.81. The highest BCUT2D eigenvalue weighted by molar-refractivity contribution is 8.00. The lowest BCUT2D eigenvalue weighted by atomic mass is 10.1. The van der Waals surface area contributed by atoms with Crippen LogP contribution in [0.5, 0.6) is 0 Å². The molecule has 7 nitrogen and oxygen atoms in total. The number of benzene rings is 4. The summed E-state index contributed by atoms with van der Waals surface area (Å²) in [7, 11) is 0. The minimum Gasteiger partial charge on any atom is -0.325 e. The van der Waals surface area contributed by atoms with Crippen molar-refractivity contribution in [3.8, 4) is 0 Å². The number of carbonyl (C=O) groups is 3. The third kappa shape index (κ3) is 8.30. The van der Waals surface area contributed by atoms with Crippen LogP contribution in [0.2, 0.25) is 0 Å². The van der Waals surface area contributed by atoms with Crippen molar-refractivity contribution in [2.45, 2.75) is 17.1 Å². The van der Waals surface area contributed by atoms with E-state index in [2.05, 4.69) is 20.9 Å². The number of hydrogen-bond acceptors (Lipinski definition) is 5. The molecule has 0 aliphatic rings. The molecule has 0 radical (unpaired) electrons. The van der Waals surface area contributed by atoms with Gasteiger partial charge in [0, 0.05) is 34.2 Å². The predicted octanol–water partition coefficient (Wildman–Crippen LogP) is 7.27. The highest BCUT2D eigenvalue weighted by atomic mass is 32.2. The van der Waals surface area contributed by atoms with Crippen molar-refractivity contribution in [2.24, 2.45) is 0 Å². The van der Waals surface area contributed by atoms with Crippen LogP contribution in [0.3, 0.4) is 0 Å². The molecule has 0 saturated heterocycles. The molecule has 3 amide bonds. The van der Waals surface area contributed by atoms with E-state index in [0.29, 0.717) is 16.8 Å². The third-order valence-electron chi connectivity index (χ3n) is 6.52. The second kappa shape index (κ2) is 14.6. The Kier molecular flexibility index (Phi) is 9.97. The Morgan fingerprint density at radius 2 is 1.48 bits per heavy atom. The molecule has 1 aromatic heterocycles. The summed E-state index contributed by atoms with van der Waals surface area (Å²) in [6.45, 7) is 1.98. The second-order valence-corrected chi connectivity index (χ2v) is 11.1. The number of rotatable bonds is 10. The van der Waals surface area contributed by atoms with Crippen LogP contribution in [0, 0.1) is 6.92 Å². The monoisotopic (exact) mass is 598 g/mol. The summed E-state index contributed by atoms with van der Waals surface area (Å²) in [6, 6.07) is 36.8. The van der Waals surface area contributed by atoms with E-state index in [-0.39, 0.29) is 11.6 Å². The highest BCUT2D eigenvalue weighted by Crippen LogP contribution is 2.36. The summed E-state index contributed by atoms with van der Waals surface area (Å²) in [4.78, 5) is 44.6. The first-order valence-electron chi connectivity index (χ1n) is 13.9. The van der Waals surface area contributed by atoms with Crippen LogP contribution < -0.4 is 16.0 Å². The van der Waals surface area contributed by atoms with Gasteiger partial charge in [0.25, 0.3) is 11.8 Å². The zero-order valence-electron chi connectivity index (χ0n) is 23.9. The molecule has 5 rings (SSSR count). The van der Waals surface area contributed by atoms with Crippen LogP contribution in [-0.2, 0) is 9.59 Å². The van der Waals surface area contributed by atoms with E-state index in [4.69, 9.17) is 0 Å². The Labute approximate surface area is 260 Å². The van der Waals surface area contributed by atoms with Crippen LogP contribution >= 0.6 is 11.8 Å². The van der Waals surface area contributed by atoms with E-state index < -0.39 is 17.1 Å². The SMILES string of the molecule is Cc1cccc(NC(=O)C(Sc2ccc(NC(=O)/C(=C/c3cccnc3)NC(=O)c3ccccc3)cc2)c2ccccc2)c1. The standard InChI is InChI=1S/C36H30N4O3S/c1-25-10-8-16-30(22-25)39-36(43)33(27-12-4-2-5-13-27)44-31-19-17-29(18-20-31)38-35(42)32(23-26-11-9-21-37-24-26)40-34(41)28-14-6-3-7-15-28/h2-24,33H,1H3,(H,38,42)(H,39,43)(H,40,41)/b32-23-. The third-order valence-corrected chi connectivity index (χ3v) is 7.78. The minimum atomic E-state index is -0.501. The summed E-state index contributed by atoms with van der Waals surface area (Å²) < 4.78 is 0. The number of nitrogens with zero attached hydrogens (tertiary/aromatic N) is 1. The molecule has 3 N–H and O–H groups in total. The lowest BCUT2D eigenvalue weighted by Gasteiger charge is -2.18. The van der Waals surface area contributed by atoms with E-state index in [1.54, 1.807) is 67.0 Å². The summed E-state index contributed by atoms with van der Waals surface area (Å²) in [5.41, 5.74) is 4.37.